The van der Waals surface area contributed by atoms with Gasteiger partial charge in [-0.25, -0.2) is 4.98 Å². The maximum absolute atomic E-state index is 13.7. The van der Waals surface area contributed by atoms with Crippen molar-refractivity contribution in [2.24, 2.45) is 5.10 Å². The highest BCUT2D eigenvalue weighted by molar-refractivity contribution is 9.10. The molecule has 0 spiro atoms. The lowest BCUT2D eigenvalue weighted by Gasteiger charge is -2.14. The van der Waals surface area contributed by atoms with Crippen LogP contribution in [-0.2, 0) is 6.61 Å². The standard InChI is InChI=1S/C32H22Br2ClN3O4/c1-2-40-28-15-21(24(34)16-29(28)41-18-19-7-3-5-9-25(19)35)17-36-38-31(37-26-10-6-4-8-23(26)32(38)39)30-14-20-13-22(33)11-12-27(20)42-30/h3-17H,2,18H2,1H3. The molecule has 0 bridgehead atoms. The molecule has 0 unspecified atom stereocenters. The van der Waals surface area contributed by atoms with Gasteiger partial charge in [0.05, 0.1) is 23.7 Å². The first-order valence-corrected chi connectivity index (χ1v) is 15.0. The molecule has 0 atom stereocenters. The monoisotopic (exact) mass is 705 g/mol. The van der Waals surface area contributed by atoms with Crippen LogP contribution >= 0.6 is 43.5 Å². The van der Waals surface area contributed by atoms with Crippen molar-refractivity contribution in [2.75, 3.05) is 6.61 Å². The van der Waals surface area contributed by atoms with E-state index in [-0.39, 0.29) is 18.0 Å². The van der Waals surface area contributed by atoms with Gasteiger partial charge in [0.1, 0.15) is 12.2 Å². The molecule has 0 saturated heterocycles. The van der Waals surface area contributed by atoms with E-state index >= 15 is 0 Å². The summed E-state index contributed by atoms with van der Waals surface area (Å²) in [7, 11) is 0. The zero-order valence-corrected chi connectivity index (χ0v) is 26.1. The van der Waals surface area contributed by atoms with Crippen LogP contribution in [0.1, 0.15) is 18.1 Å². The van der Waals surface area contributed by atoms with Gasteiger partial charge in [-0.3, -0.25) is 4.79 Å². The third-order valence-corrected chi connectivity index (χ3v) is 8.02. The summed E-state index contributed by atoms with van der Waals surface area (Å²) in [6.07, 6.45) is 1.57. The van der Waals surface area contributed by atoms with Crippen LogP contribution in [0.3, 0.4) is 0 Å². The Hall–Kier alpha value is -3.92. The lowest BCUT2D eigenvalue weighted by Crippen LogP contribution is -2.20. The molecule has 0 aliphatic heterocycles. The maximum atomic E-state index is 13.7. The fraction of sp³-hybridized carbons (Fsp3) is 0.0938. The molecule has 210 valence electrons. The molecule has 4 aromatic carbocycles. The van der Waals surface area contributed by atoms with Gasteiger partial charge < -0.3 is 13.9 Å². The van der Waals surface area contributed by atoms with Crippen LogP contribution in [0, 0.1) is 0 Å². The van der Waals surface area contributed by atoms with Crippen LogP contribution in [0.4, 0.5) is 0 Å². The van der Waals surface area contributed by atoms with Gasteiger partial charge in [-0.2, -0.15) is 9.78 Å². The number of hydrogen-bond donors (Lipinski definition) is 0. The van der Waals surface area contributed by atoms with Crippen LogP contribution < -0.4 is 15.0 Å². The highest BCUT2D eigenvalue weighted by Gasteiger charge is 2.17. The molecule has 6 rings (SSSR count). The summed E-state index contributed by atoms with van der Waals surface area (Å²) in [5.74, 6) is 1.77. The van der Waals surface area contributed by atoms with Crippen molar-refractivity contribution in [3.05, 3.63) is 120 Å². The Morgan fingerprint density at radius 3 is 2.60 bits per heavy atom. The van der Waals surface area contributed by atoms with Crippen molar-refractivity contribution in [3.63, 3.8) is 0 Å². The van der Waals surface area contributed by atoms with E-state index in [1.54, 1.807) is 30.5 Å². The Labute approximate surface area is 262 Å². The fourth-order valence-corrected chi connectivity index (χ4v) is 5.43. The Balaban J connectivity index is 1.41. The second kappa shape index (κ2) is 12.1. The lowest BCUT2D eigenvalue weighted by molar-refractivity contribution is 0.269. The zero-order valence-electron chi connectivity index (χ0n) is 22.2. The molecule has 0 amide bonds. The van der Waals surface area contributed by atoms with Crippen LogP contribution in [0.15, 0.2) is 108 Å². The summed E-state index contributed by atoms with van der Waals surface area (Å²) in [5, 5.41) is 6.53. The van der Waals surface area contributed by atoms with E-state index in [0.29, 0.717) is 55.4 Å². The summed E-state index contributed by atoms with van der Waals surface area (Å²) < 4.78 is 20.9. The van der Waals surface area contributed by atoms with Crippen LogP contribution in [0.25, 0.3) is 33.5 Å². The molecule has 0 saturated carbocycles. The number of hydrogen-bond acceptors (Lipinski definition) is 6. The van der Waals surface area contributed by atoms with Gasteiger partial charge in [0.2, 0.25) is 5.82 Å². The number of nitrogens with zero attached hydrogens (tertiary/aromatic N) is 3. The number of fused-ring (bicyclic) bond motifs is 2. The van der Waals surface area contributed by atoms with Crippen molar-refractivity contribution in [1.29, 1.82) is 0 Å². The second-order valence-corrected chi connectivity index (χ2v) is 11.4. The molecule has 42 heavy (non-hydrogen) atoms. The number of furan rings is 1. The highest BCUT2D eigenvalue weighted by atomic mass is 79.9. The quantitative estimate of drug-likeness (QED) is 0.148. The van der Waals surface area contributed by atoms with Gasteiger partial charge >= 0.3 is 0 Å². The van der Waals surface area contributed by atoms with Gasteiger partial charge in [-0.15, -0.1) is 0 Å². The molecule has 0 N–H and O–H groups in total. The molecule has 6 aromatic rings. The first-order chi connectivity index (χ1) is 20.4. The minimum Gasteiger partial charge on any atom is -0.490 e. The van der Waals surface area contributed by atoms with Gasteiger partial charge in [-0.05, 0) is 77.5 Å². The third kappa shape index (κ3) is 5.72. The van der Waals surface area contributed by atoms with Crippen LogP contribution in [0.5, 0.6) is 11.5 Å². The molecular weight excluding hydrogens is 686 g/mol. The van der Waals surface area contributed by atoms with Gasteiger partial charge in [0.15, 0.2) is 17.3 Å². The Kier molecular flexibility index (Phi) is 8.15. The van der Waals surface area contributed by atoms with E-state index in [9.17, 15) is 4.79 Å². The van der Waals surface area contributed by atoms with E-state index in [1.807, 2.05) is 67.6 Å². The van der Waals surface area contributed by atoms with Gasteiger partial charge in [0, 0.05) is 30.5 Å². The third-order valence-electron chi connectivity index (χ3n) is 6.47. The molecule has 7 nitrogen and oxygen atoms in total. The predicted octanol–water partition coefficient (Wildman–Crippen LogP) is 8.85. The molecule has 10 heteroatoms. The zero-order chi connectivity index (χ0) is 29.2. The molecule has 0 fully saturated rings. The number of aromatic nitrogens is 2. The van der Waals surface area contributed by atoms with E-state index in [2.05, 4.69) is 37.0 Å². The van der Waals surface area contributed by atoms with E-state index in [4.69, 9.17) is 30.5 Å². The molecular formula is C32H22Br2ClN3O4. The first-order valence-electron chi connectivity index (χ1n) is 13.0. The first kappa shape index (κ1) is 28.2. The molecule has 2 heterocycles. The summed E-state index contributed by atoms with van der Waals surface area (Å²) in [4.78, 5) is 18.4. The number of halogens is 3. The lowest BCUT2D eigenvalue weighted by atomic mass is 10.2. The second-order valence-electron chi connectivity index (χ2n) is 9.24. The average molecular weight is 708 g/mol. The number of rotatable bonds is 8. The normalized spacial score (nSPS) is 11.5. The SMILES string of the molecule is CCOc1cc(C=Nn2c(-c3cc4cc(Br)ccc4o3)nc3ccccc3c2=O)c(Br)cc1OCc1ccccc1Cl. The highest BCUT2D eigenvalue weighted by Crippen LogP contribution is 2.35. The van der Waals surface area contributed by atoms with Crippen molar-refractivity contribution in [3.8, 4) is 23.1 Å². The van der Waals surface area contributed by atoms with Crippen molar-refractivity contribution < 1.29 is 13.9 Å². The van der Waals surface area contributed by atoms with E-state index < -0.39 is 0 Å². The summed E-state index contributed by atoms with van der Waals surface area (Å²) in [5.41, 5.74) is 2.42. The van der Waals surface area contributed by atoms with Crippen LogP contribution in [-0.4, -0.2) is 22.5 Å². The molecule has 0 radical (unpaired) electrons. The fourth-order valence-electron chi connectivity index (χ4n) is 4.44. The van der Waals surface area contributed by atoms with Crippen molar-refractivity contribution in [1.82, 2.24) is 9.66 Å². The van der Waals surface area contributed by atoms with Gasteiger partial charge in [-0.1, -0.05) is 57.9 Å². The summed E-state index contributed by atoms with van der Waals surface area (Å²) in [6.45, 7) is 2.60. The summed E-state index contributed by atoms with van der Waals surface area (Å²) >= 11 is 13.4. The number of ether oxygens (including phenoxy) is 2. The smallest absolute Gasteiger partial charge is 0.282 e. The molecule has 2 aromatic heterocycles. The molecule has 0 aliphatic carbocycles. The largest absolute Gasteiger partial charge is 0.490 e. The van der Waals surface area contributed by atoms with Crippen molar-refractivity contribution in [2.45, 2.75) is 13.5 Å². The summed E-state index contributed by atoms with van der Waals surface area (Å²) in [6, 6.07) is 25.8. The average Bonchev–Trinajstić information content (AvgIpc) is 3.41. The van der Waals surface area contributed by atoms with Crippen molar-refractivity contribution >= 4 is 71.5 Å². The van der Waals surface area contributed by atoms with Gasteiger partial charge in [0.25, 0.3) is 5.56 Å². The van der Waals surface area contributed by atoms with Crippen LogP contribution in [0.2, 0.25) is 5.02 Å². The maximum Gasteiger partial charge on any atom is 0.282 e. The Morgan fingerprint density at radius 2 is 1.76 bits per heavy atom. The van der Waals surface area contributed by atoms with E-state index in [1.165, 1.54) is 4.68 Å². The number of para-hydroxylation sites is 1. The minimum atomic E-state index is -0.325. The number of benzene rings is 4. The topological polar surface area (TPSA) is 78.9 Å². The molecule has 0 aliphatic rings. The predicted molar refractivity (Wildman–Crippen MR) is 173 cm³/mol. The van der Waals surface area contributed by atoms with E-state index in [0.717, 1.165) is 15.4 Å². The minimum absolute atomic E-state index is 0.273. The Bertz CT molecular complexity index is 2040. The Morgan fingerprint density at radius 1 is 0.976 bits per heavy atom.